The van der Waals surface area contributed by atoms with E-state index in [0.717, 1.165) is 17.9 Å². The van der Waals surface area contributed by atoms with E-state index in [9.17, 15) is 4.79 Å². The van der Waals surface area contributed by atoms with Crippen LogP contribution < -0.4 is 5.32 Å². The van der Waals surface area contributed by atoms with Gasteiger partial charge in [0.1, 0.15) is 0 Å². The molecule has 1 amide bonds. The average Bonchev–Trinajstić information content (AvgIpc) is 2.31. The van der Waals surface area contributed by atoms with Crippen LogP contribution in [0.2, 0.25) is 5.02 Å². The zero-order valence-corrected chi connectivity index (χ0v) is 12.0. The van der Waals surface area contributed by atoms with Gasteiger partial charge in [0.15, 0.2) is 0 Å². The van der Waals surface area contributed by atoms with Crippen LogP contribution in [0.5, 0.6) is 0 Å². The molecule has 2 nitrogen and oxygen atoms in total. The summed E-state index contributed by atoms with van der Waals surface area (Å²) in [6, 6.07) is 5.92. The molecule has 0 bridgehead atoms. The fourth-order valence-electron chi connectivity index (χ4n) is 1.91. The van der Waals surface area contributed by atoms with Gasteiger partial charge in [-0.15, -0.1) is 0 Å². The monoisotopic (exact) mass is 265 g/mol. The second kappa shape index (κ2) is 7.22. The fraction of sp³-hybridized carbons (Fsp3) is 0.400. The number of hydrogen-bond acceptors (Lipinski definition) is 1. The molecule has 0 aliphatic heterocycles. The molecule has 0 aliphatic rings. The van der Waals surface area contributed by atoms with Crippen molar-refractivity contribution in [2.75, 3.05) is 6.54 Å². The van der Waals surface area contributed by atoms with Crippen molar-refractivity contribution in [3.8, 4) is 0 Å². The van der Waals surface area contributed by atoms with Crippen molar-refractivity contribution in [1.82, 2.24) is 5.32 Å². The molecule has 0 atom stereocenters. The Balaban J connectivity index is 2.87. The number of aryl methyl sites for hydroxylation is 1. The molecule has 1 N–H and O–H groups in total. The van der Waals surface area contributed by atoms with Gasteiger partial charge < -0.3 is 5.32 Å². The quantitative estimate of drug-likeness (QED) is 0.858. The van der Waals surface area contributed by atoms with E-state index in [1.807, 2.05) is 18.2 Å². The molecule has 0 spiro atoms. The molecule has 0 fully saturated rings. The lowest BCUT2D eigenvalue weighted by molar-refractivity contribution is -0.118. The summed E-state index contributed by atoms with van der Waals surface area (Å²) in [4.78, 5) is 10.9. The van der Waals surface area contributed by atoms with Crippen molar-refractivity contribution in [3.63, 3.8) is 0 Å². The van der Waals surface area contributed by atoms with Crippen molar-refractivity contribution in [1.29, 1.82) is 0 Å². The molecule has 0 saturated carbocycles. The number of amides is 1. The van der Waals surface area contributed by atoms with Crippen LogP contribution in [0.25, 0.3) is 5.57 Å². The van der Waals surface area contributed by atoms with Crippen molar-refractivity contribution in [2.45, 2.75) is 33.6 Å². The van der Waals surface area contributed by atoms with E-state index >= 15 is 0 Å². The summed E-state index contributed by atoms with van der Waals surface area (Å²) in [5.74, 6) is 0.00802. The van der Waals surface area contributed by atoms with Crippen LogP contribution >= 0.6 is 11.6 Å². The molecule has 0 aliphatic carbocycles. The van der Waals surface area contributed by atoms with Gasteiger partial charge in [-0.3, -0.25) is 4.79 Å². The van der Waals surface area contributed by atoms with E-state index in [4.69, 9.17) is 11.6 Å². The van der Waals surface area contributed by atoms with Gasteiger partial charge in [-0.2, -0.15) is 0 Å². The predicted octanol–water partition coefficient (Wildman–Crippen LogP) is 3.97. The molecule has 1 aromatic carbocycles. The highest BCUT2D eigenvalue weighted by Crippen LogP contribution is 2.25. The van der Waals surface area contributed by atoms with Crippen LogP contribution in [0.15, 0.2) is 24.3 Å². The summed E-state index contributed by atoms with van der Waals surface area (Å²) in [6.45, 7) is 6.38. The highest BCUT2D eigenvalue weighted by molar-refractivity contribution is 6.30. The van der Waals surface area contributed by atoms with Crippen LogP contribution in [0.4, 0.5) is 0 Å². The van der Waals surface area contributed by atoms with Crippen LogP contribution in [0.1, 0.15) is 37.8 Å². The Morgan fingerprint density at radius 3 is 2.78 bits per heavy atom. The first-order valence-electron chi connectivity index (χ1n) is 6.24. The van der Waals surface area contributed by atoms with Crippen molar-refractivity contribution in [2.24, 2.45) is 0 Å². The minimum atomic E-state index is 0.00802. The topological polar surface area (TPSA) is 29.1 Å². The maximum Gasteiger partial charge on any atom is 0.216 e. The van der Waals surface area contributed by atoms with Crippen LogP contribution in [-0.2, 0) is 4.79 Å². The van der Waals surface area contributed by atoms with E-state index in [1.54, 1.807) is 0 Å². The fourth-order valence-corrected chi connectivity index (χ4v) is 2.08. The number of hydrogen-bond donors (Lipinski definition) is 1. The van der Waals surface area contributed by atoms with Crippen LogP contribution in [0.3, 0.4) is 0 Å². The second-order valence-electron chi connectivity index (χ2n) is 4.33. The summed E-state index contributed by atoms with van der Waals surface area (Å²) in [5, 5.41) is 3.57. The van der Waals surface area contributed by atoms with E-state index in [1.165, 1.54) is 23.6 Å². The molecular formula is C15H20ClNO. The average molecular weight is 266 g/mol. The number of nitrogens with one attached hydrogen (secondary N) is 1. The van der Waals surface area contributed by atoms with Gasteiger partial charge in [-0.25, -0.2) is 0 Å². The lowest BCUT2D eigenvalue weighted by atomic mass is 9.97. The minimum Gasteiger partial charge on any atom is -0.356 e. The number of rotatable bonds is 5. The Kier molecular flexibility index (Phi) is 5.93. The van der Waals surface area contributed by atoms with Crippen molar-refractivity contribution in [3.05, 3.63) is 40.4 Å². The maximum atomic E-state index is 10.9. The molecule has 0 heterocycles. The summed E-state index contributed by atoms with van der Waals surface area (Å²) >= 11 is 6.05. The Bertz CT molecular complexity index is 452. The summed E-state index contributed by atoms with van der Waals surface area (Å²) < 4.78 is 0. The molecule has 1 aromatic rings. The highest BCUT2D eigenvalue weighted by Gasteiger charge is 2.06. The normalized spacial score (nSPS) is 11.4. The first kappa shape index (κ1) is 14.8. The van der Waals surface area contributed by atoms with Gasteiger partial charge in [-0.1, -0.05) is 30.7 Å². The number of halogens is 1. The third kappa shape index (κ3) is 4.53. The number of carbonyl (C=O) groups is 1. The molecular weight excluding hydrogens is 246 g/mol. The van der Waals surface area contributed by atoms with Crippen LogP contribution in [-0.4, -0.2) is 12.5 Å². The van der Waals surface area contributed by atoms with Gasteiger partial charge in [0.2, 0.25) is 5.91 Å². The smallest absolute Gasteiger partial charge is 0.216 e. The summed E-state index contributed by atoms with van der Waals surface area (Å²) in [6.07, 6.45) is 4.00. The van der Waals surface area contributed by atoms with E-state index in [-0.39, 0.29) is 5.91 Å². The molecule has 0 aromatic heterocycles. The molecule has 98 valence electrons. The minimum absolute atomic E-state index is 0.00802. The van der Waals surface area contributed by atoms with E-state index in [2.05, 4.69) is 25.2 Å². The molecule has 0 unspecified atom stereocenters. The van der Waals surface area contributed by atoms with Gasteiger partial charge >= 0.3 is 0 Å². The lowest BCUT2D eigenvalue weighted by Gasteiger charge is -2.12. The molecule has 0 radical (unpaired) electrons. The van der Waals surface area contributed by atoms with Gasteiger partial charge in [0.05, 0.1) is 0 Å². The molecule has 3 heteroatoms. The first-order chi connectivity index (χ1) is 8.54. The van der Waals surface area contributed by atoms with Gasteiger partial charge in [0, 0.05) is 18.5 Å². The molecule has 0 saturated heterocycles. The SMILES string of the molecule is CC/C=C(/CCNC(C)=O)c1cc(Cl)ccc1C. The number of benzene rings is 1. The third-order valence-electron chi connectivity index (χ3n) is 2.76. The largest absolute Gasteiger partial charge is 0.356 e. The Hall–Kier alpha value is -1.28. The Morgan fingerprint density at radius 1 is 1.44 bits per heavy atom. The Morgan fingerprint density at radius 2 is 2.17 bits per heavy atom. The second-order valence-corrected chi connectivity index (χ2v) is 4.77. The highest BCUT2D eigenvalue weighted by atomic mass is 35.5. The molecule has 18 heavy (non-hydrogen) atoms. The zero-order chi connectivity index (χ0) is 13.5. The van der Waals surface area contributed by atoms with Gasteiger partial charge in [-0.05, 0) is 48.6 Å². The summed E-state index contributed by atoms with van der Waals surface area (Å²) in [7, 11) is 0. The maximum absolute atomic E-state index is 10.9. The van der Waals surface area contributed by atoms with Crippen molar-refractivity contribution < 1.29 is 4.79 Å². The number of carbonyl (C=O) groups excluding carboxylic acids is 1. The molecule has 1 rings (SSSR count). The van der Waals surface area contributed by atoms with Gasteiger partial charge in [0.25, 0.3) is 0 Å². The summed E-state index contributed by atoms with van der Waals surface area (Å²) in [5.41, 5.74) is 3.63. The lowest BCUT2D eigenvalue weighted by Crippen LogP contribution is -2.21. The first-order valence-corrected chi connectivity index (χ1v) is 6.62. The van der Waals surface area contributed by atoms with E-state index in [0.29, 0.717) is 6.54 Å². The Labute approximate surface area is 114 Å². The third-order valence-corrected chi connectivity index (χ3v) is 3.00. The predicted molar refractivity (Wildman–Crippen MR) is 77.8 cm³/mol. The van der Waals surface area contributed by atoms with Crippen LogP contribution in [0, 0.1) is 6.92 Å². The standard InChI is InChI=1S/C15H20ClNO/c1-4-5-13(8-9-17-12(3)18)15-10-14(16)7-6-11(15)2/h5-7,10H,4,8-9H2,1-3H3,(H,17,18)/b13-5-. The van der Waals surface area contributed by atoms with E-state index < -0.39 is 0 Å². The number of allylic oxidation sites excluding steroid dienone is 1. The van der Waals surface area contributed by atoms with Crippen molar-refractivity contribution >= 4 is 23.1 Å². The zero-order valence-electron chi connectivity index (χ0n) is 11.2.